The molecule has 0 radical (unpaired) electrons. The highest BCUT2D eigenvalue weighted by atomic mass is 16.6. The molecule has 2 saturated heterocycles. The van der Waals surface area contributed by atoms with E-state index in [0.29, 0.717) is 150 Å². The summed E-state index contributed by atoms with van der Waals surface area (Å²) in [5, 5.41) is 54.7. The lowest BCUT2D eigenvalue weighted by molar-refractivity contribution is -0.138. The first-order chi connectivity index (χ1) is 57.1. The van der Waals surface area contributed by atoms with E-state index in [1.54, 1.807) is 70.4 Å². The first kappa shape index (κ1) is 88.8. The SMILES string of the molecule is CCn1c(-c2nonc2N)nc2c(C#CC(C)(C)O)ncc(OCCCCCCCC(=O)NCCCCCNc3cccc4c3C(=O)N(C3CCC(=O)NC3=O)C4=O)c21.CCn1c(-c2nonc2N)nc2c(C#CC(C)(C)O)ncc(OCCCCCCCC(=O)O)c21.NCCCCCCc1cccc2c1C(=O)N(C1CCC(=O)NC1=O)C2=O. The molecule has 2 atom stereocenters. The van der Waals surface area contributed by atoms with Crippen LogP contribution < -0.4 is 47.9 Å². The van der Waals surface area contributed by atoms with Crippen molar-refractivity contribution < 1.29 is 82.0 Å². The molecule has 9 amide bonds. The van der Waals surface area contributed by atoms with E-state index in [2.05, 4.69) is 80.5 Å². The molecule has 12 rings (SSSR count). The molecule has 4 aliphatic heterocycles. The van der Waals surface area contributed by atoms with E-state index < -0.39 is 70.6 Å². The number of carboxylic acids is 1. The van der Waals surface area contributed by atoms with Crippen molar-refractivity contribution in [3.05, 3.63) is 88.0 Å². The Bertz CT molecular complexity index is 5180. The number of aryl methyl sites for hydroxylation is 3. The molecule has 8 aromatic rings. The number of carbonyl (C=O) groups excluding carboxylic acids is 9. The maximum Gasteiger partial charge on any atom is 0.303 e. The van der Waals surface area contributed by atoms with Crippen LogP contribution in [0.25, 0.3) is 45.1 Å². The van der Waals surface area contributed by atoms with Gasteiger partial charge in [0.15, 0.2) is 46.2 Å². The Balaban J connectivity index is 0.000000208. The van der Waals surface area contributed by atoms with Gasteiger partial charge in [0.25, 0.3) is 23.6 Å². The molecule has 0 bridgehead atoms. The standard InChI is InChI=1S/C41H50N10O8.C23H30N6O5.C19H23N3O4/c1-4-50-35-29(24-45-27(19-20-41(2,3)57)33(35)47-37(50)34-36(42)49-59-48-34)58-23-12-7-5-6-9-16-30(52)44-22-11-8-10-21-43-26-15-13-14-25-32(26)40(56)51(39(25)55)28-17-18-31(53)46-38(28)54;1-4-29-20-16(33-13-9-7-5-6-8-10-17(30)31)14-25-15(11-12-23(2,3)32)18(20)26-22(29)19-21(24)28-34-27-19;20-11-4-2-1-3-6-12-7-5-8-13-16(12)19(26)22(18(13)25)14-9-10-15(23)21-17(14)24/h13-15,24,28,43,57H,4-12,16-18,21-23H2,1-3H3,(H2,42,49)(H,44,52)(H,46,53,54);14,32H,4-10,13H2,1-3H3,(H2,24,28)(H,30,31);5,7-8,14H,1-4,6,9-11,20H2,(H,21,23,24). The lowest BCUT2D eigenvalue weighted by atomic mass is 9.97. The van der Waals surface area contributed by atoms with Crippen LogP contribution in [0, 0.1) is 23.7 Å². The van der Waals surface area contributed by atoms with Crippen LogP contribution in [0.3, 0.4) is 0 Å². The van der Waals surface area contributed by atoms with E-state index in [-0.39, 0.29) is 66.7 Å². The third-order valence-corrected chi connectivity index (χ3v) is 20.0. The average Bonchev–Trinajstić information content (AvgIpc) is 1.63. The number of ether oxygens (including phenoxy) is 2. The molecule has 6 aromatic heterocycles. The fourth-order valence-corrected chi connectivity index (χ4v) is 14.1. The zero-order valence-electron chi connectivity index (χ0n) is 67.8. The van der Waals surface area contributed by atoms with Crippen molar-refractivity contribution in [2.45, 2.75) is 232 Å². The van der Waals surface area contributed by atoms with Gasteiger partial charge >= 0.3 is 5.97 Å². The number of aliphatic hydroxyl groups is 2. The van der Waals surface area contributed by atoms with E-state index in [9.17, 15) is 58.2 Å². The summed E-state index contributed by atoms with van der Waals surface area (Å²) in [4.78, 5) is 143. The van der Waals surface area contributed by atoms with Crippen molar-refractivity contribution in [3.63, 3.8) is 0 Å². The second-order valence-electron chi connectivity index (χ2n) is 30.2. The number of carbonyl (C=O) groups is 10. The first-order valence-corrected chi connectivity index (χ1v) is 40.5. The van der Waals surface area contributed by atoms with Crippen LogP contribution in [-0.4, -0.2) is 190 Å². The number of unbranched alkanes of at least 4 members (excludes halogenated alkanes) is 13. The Morgan fingerprint density at radius 3 is 1.50 bits per heavy atom. The minimum atomic E-state index is -1.22. The van der Waals surface area contributed by atoms with Crippen LogP contribution in [-0.2, 0) is 48.3 Å². The van der Waals surface area contributed by atoms with Crippen molar-refractivity contribution in [2.24, 2.45) is 5.73 Å². The number of piperidine rings is 2. The number of nitrogen functional groups attached to an aromatic ring is 2. The molecule has 36 nitrogen and oxygen atoms in total. The second-order valence-corrected chi connectivity index (χ2v) is 30.2. The highest BCUT2D eigenvalue weighted by Crippen LogP contribution is 2.38. The van der Waals surface area contributed by atoms with Gasteiger partial charge in [0.05, 0.1) is 47.9 Å². The summed E-state index contributed by atoms with van der Waals surface area (Å²) in [6, 6.07) is 8.32. The van der Waals surface area contributed by atoms with Crippen molar-refractivity contribution >= 4 is 98.5 Å². The minimum Gasteiger partial charge on any atom is -0.490 e. The number of imidazole rings is 2. The average molecular weight is 1640 g/mol. The number of hydrogen-bond acceptors (Lipinski definition) is 28. The number of amides is 9. The molecule has 0 spiro atoms. The minimum absolute atomic E-state index is 0.0253. The first-order valence-electron chi connectivity index (χ1n) is 40.5. The number of anilines is 3. The Labute approximate surface area is 686 Å². The number of nitrogens with zero attached hydrogens (tertiary/aromatic N) is 12. The molecular weight excluding hydrogens is 1540 g/mol. The van der Waals surface area contributed by atoms with Gasteiger partial charge < -0.3 is 61.8 Å². The van der Waals surface area contributed by atoms with Gasteiger partial charge in [-0.3, -0.25) is 68.4 Å². The fourth-order valence-electron chi connectivity index (χ4n) is 14.1. The number of benzene rings is 2. The maximum absolute atomic E-state index is 13.3. The van der Waals surface area contributed by atoms with Gasteiger partial charge in [-0.05, 0) is 181 Å². The lowest BCUT2D eigenvalue weighted by Gasteiger charge is -2.27. The molecule has 10 heterocycles. The number of nitrogens with one attached hydrogen (secondary N) is 4. The normalized spacial score (nSPS) is 15.1. The number of aliphatic carboxylic acids is 1. The van der Waals surface area contributed by atoms with Gasteiger partial charge in [-0.25, -0.2) is 29.2 Å². The lowest BCUT2D eigenvalue weighted by Crippen LogP contribution is -2.54. The Kier molecular flexibility index (Phi) is 31.0. The molecule has 13 N–H and O–H groups in total. The molecule has 0 aliphatic carbocycles. The fraction of sp³-hybridized carbons (Fsp3) is 0.494. The summed E-state index contributed by atoms with van der Waals surface area (Å²) in [6.07, 6.45) is 20.1. The number of pyridine rings is 2. The van der Waals surface area contributed by atoms with E-state index in [1.807, 2.05) is 29.0 Å². The number of nitrogens with two attached hydrogens (primary N) is 3. The van der Waals surface area contributed by atoms with Gasteiger partial charge in [-0.2, -0.15) is 0 Å². The highest BCUT2D eigenvalue weighted by Gasteiger charge is 2.47. The maximum atomic E-state index is 13.3. The van der Waals surface area contributed by atoms with Crippen molar-refractivity contribution in [2.75, 3.05) is 49.6 Å². The Morgan fingerprint density at radius 1 is 0.571 bits per heavy atom. The zero-order chi connectivity index (χ0) is 85.5. The summed E-state index contributed by atoms with van der Waals surface area (Å²) < 4.78 is 25.6. The van der Waals surface area contributed by atoms with E-state index >= 15 is 0 Å². The summed E-state index contributed by atoms with van der Waals surface area (Å²) in [6.45, 7) is 14.1. The largest absolute Gasteiger partial charge is 0.490 e. The Morgan fingerprint density at radius 2 is 1.03 bits per heavy atom. The van der Waals surface area contributed by atoms with Crippen molar-refractivity contribution in [1.82, 2.24) is 75.4 Å². The smallest absolute Gasteiger partial charge is 0.303 e. The summed E-state index contributed by atoms with van der Waals surface area (Å²) in [7, 11) is 0. The van der Waals surface area contributed by atoms with Gasteiger partial charge in [-0.15, -0.1) is 0 Å². The third-order valence-electron chi connectivity index (χ3n) is 20.0. The number of hydrogen-bond donors (Lipinski definition) is 10. The topological polar surface area (TPSA) is 522 Å². The third kappa shape index (κ3) is 22.8. The number of aromatic nitrogens is 10. The molecule has 632 valence electrons. The number of carboxylic acid groups (broad SMARTS) is 1. The molecule has 119 heavy (non-hydrogen) atoms. The number of fused-ring (bicyclic) bond motifs is 4. The molecule has 36 heteroatoms. The molecular formula is C83H103N19O17. The van der Waals surface area contributed by atoms with Gasteiger partial charge in [0.2, 0.25) is 29.5 Å². The molecule has 0 saturated carbocycles. The van der Waals surface area contributed by atoms with Crippen molar-refractivity contribution in [3.8, 4) is 58.2 Å². The number of rotatable bonds is 37. The van der Waals surface area contributed by atoms with Gasteiger partial charge in [-0.1, -0.05) is 81.4 Å². The van der Waals surface area contributed by atoms with E-state index in [0.717, 1.165) is 118 Å². The molecule has 2 fully saturated rings. The summed E-state index contributed by atoms with van der Waals surface area (Å²) in [5.41, 5.74) is 21.3. The van der Waals surface area contributed by atoms with Crippen LogP contribution in [0.4, 0.5) is 17.3 Å². The van der Waals surface area contributed by atoms with Crippen LogP contribution >= 0.6 is 0 Å². The van der Waals surface area contributed by atoms with Crippen LogP contribution in [0.5, 0.6) is 11.5 Å². The summed E-state index contributed by atoms with van der Waals surface area (Å²) >= 11 is 0. The number of imide groups is 4. The van der Waals surface area contributed by atoms with Crippen LogP contribution in [0.2, 0.25) is 0 Å². The van der Waals surface area contributed by atoms with Crippen LogP contribution in [0.1, 0.15) is 248 Å². The van der Waals surface area contributed by atoms with E-state index in [4.69, 9.17) is 46.0 Å². The van der Waals surface area contributed by atoms with E-state index in [1.165, 1.54) is 0 Å². The van der Waals surface area contributed by atoms with Gasteiger partial charge in [0, 0.05) is 57.5 Å². The predicted molar refractivity (Wildman–Crippen MR) is 435 cm³/mol. The van der Waals surface area contributed by atoms with Gasteiger partial charge in [0.1, 0.15) is 56.7 Å². The van der Waals surface area contributed by atoms with Crippen molar-refractivity contribution in [1.29, 1.82) is 0 Å². The quantitative estimate of drug-likeness (QED) is 0.0100. The predicted octanol–water partition coefficient (Wildman–Crippen LogP) is 7.88. The molecule has 4 aliphatic rings. The zero-order valence-corrected chi connectivity index (χ0v) is 67.8. The summed E-state index contributed by atoms with van der Waals surface area (Å²) in [5.74, 6) is 8.89. The Hall–Kier alpha value is -12.5. The highest BCUT2D eigenvalue weighted by molar-refractivity contribution is 6.26. The second kappa shape index (κ2) is 41.5. The monoisotopic (exact) mass is 1640 g/mol. The van der Waals surface area contributed by atoms with Crippen LogP contribution in [0.15, 0.2) is 58.0 Å². The molecule has 2 aromatic carbocycles. The molecule has 2 unspecified atom stereocenters.